The lowest BCUT2D eigenvalue weighted by atomic mass is 10.3. The summed E-state index contributed by atoms with van der Waals surface area (Å²) in [6.45, 7) is 4.24. The molecule has 0 aromatic carbocycles. The highest BCUT2D eigenvalue weighted by molar-refractivity contribution is 5.88. The first-order valence-electron chi connectivity index (χ1n) is 5.49. The largest absolute Gasteiger partial charge is 0.462 e. The molecule has 5 nitrogen and oxygen atoms in total. The summed E-state index contributed by atoms with van der Waals surface area (Å²) in [5.41, 5.74) is 0.415. The molecule has 0 amide bonds. The first-order chi connectivity index (χ1) is 8.17. The molecule has 0 aliphatic heterocycles. The molecular weight excluding hydrogens is 222 g/mol. The van der Waals surface area contributed by atoms with Crippen LogP contribution in [0.2, 0.25) is 0 Å². The van der Waals surface area contributed by atoms with E-state index in [9.17, 15) is 9.59 Å². The van der Waals surface area contributed by atoms with E-state index in [-0.39, 0.29) is 12.5 Å². The van der Waals surface area contributed by atoms with E-state index in [1.807, 2.05) is 0 Å². The highest BCUT2D eigenvalue weighted by Gasteiger charge is 2.14. The van der Waals surface area contributed by atoms with Gasteiger partial charge in [0.25, 0.3) is 0 Å². The van der Waals surface area contributed by atoms with Crippen LogP contribution < -0.4 is 4.57 Å². The van der Waals surface area contributed by atoms with Crippen LogP contribution in [-0.4, -0.2) is 25.2 Å². The normalized spacial score (nSPS) is 9.76. The van der Waals surface area contributed by atoms with E-state index in [0.29, 0.717) is 18.8 Å². The molecule has 5 heteroatoms. The highest BCUT2D eigenvalue weighted by atomic mass is 16.5. The predicted molar refractivity (Wildman–Crippen MR) is 59.2 cm³/mol. The Morgan fingerprint density at radius 1 is 1.24 bits per heavy atom. The first kappa shape index (κ1) is 13.2. The van der Waals surface area contributed by atoms with Gasteiger partial charge in [0.05, 0.1) is 13.2 Å². The van der Waals surface area contributed by atoms with Crippen LogP contribution in [0.5, 0.6) is 0 Å². The van der Waals surface area contributed by atoms with Crippen molar-refractivity contribution in [2.24, 2.45) is 0 Å². The number of carbonyl (C=O) groups is 2. The molecule has 1 aromatic heterocycles. The van der Waals surface area contributed by atoms with E-state index < -0.39 is 5.97 Å². The number of rotatable bonds is 5. The Balaban J connectivity index is 2.72. The summed E-state index contributed by atoms with van der Waals surface area (Å²) < 4.78 is 11.3. The SMILES string of the molecule is CCOC(=O)C[n+]1cccc(C(=O)OCC)c1. The third-order valence-electron chi connectivity index (χ3n) is 1.99. The summed E-state index contributed by atoms with van der Waals surface area (Å²) in [6, 6.07) is 3.32. The van der Waals surface area contributed by atoms with Gasteiger partial charge in [-0.25, -0.2) is 9.59 Å². The summed E-state index contributed by atoms with van der Waals surface area (Å²) in [5.74, 6) is -0.732. The van der Waals surface area contributed by atoms with Crippen molar-refractivity contribution in [3.05, 3.63) is 30.1 Å². The monoisotopic (exact) mass is 238 g/mol. The predicted octanol–water partition coefficient (Wildman–Crippen LogP) is 0.714. The van der Waals surface area contributed by atoms with Crippen LogP contribution in [0, 0.1) is 0 Å². The molecule has 92 valence electrons. The quantitative estimate of drug-likeness (QED) is 0.560. The highest BCUT2D eigenvalue weighted by Crippen LogP contribution is 1.97. The summed E-state index contributed by atoms with van der Waals surface area (Å²) in [5, 5.41) is 0. The molecule has 1 rings (SSSR count). The molecule has 0 spiro atoms. The van der Waals surface area contributed by atoms with Crippen molar-refractivity contribution in [1.29, 1.82) is 0 Å². The maximum Gasteiger partial charge on any atom is 0.372 e. The number of nitrogens with zero attached hydrogens (tertiary/aromatic N) is 1. The Kier molecular flexibility index (Phi) is 5.13. The molecular formula is C12H16NO4+. The molecule has 0 saturated heterocycles. The molecule has 0 aliphatic carbocycles. The maximum absolute atomic E-state index is 11.5. The zero-order valence-electron chi connectivity index (χ0n) is 10.0. The van der Waals surface area contributed by atoms with Crippen LogP contribution in [0.3, 0.4) is 0 Å². The van der Waals surface area contributed by atoms with Crippen LogP contribution in [0.4, 0.5) is 0 Å². The Morgan fingerprint density at radius 2 is 1.94 bits per heavy atom. The van der Waals surface area contributed by atoms with Gasteiger partial charge in [0.15, 0.2) is 12.4 Å². The minimum atomic E-state index is -0.397. The zero-order chi connectivity index (χ0) is 12.7. The van der Waals surface area contributed by atoms with Crippen LogP contribution >= 0.6 is 0 Å². The van der Waals surface area contributed by atoms with Crippen molar-refractivity contribution < 1.29 is 23.6 Å². The van der Waals surface area contributed by atoms with E-state index in [1.54, 1.807) is 42.9 Å². The van der Waals surface area contributed by atoms with Crippen molar-refractivity contribution in [3.63, 3.8) is 0 Å². The number of pyridine rings is 1. The van der Waals surface area contributed by atoms with Gasteiger partial charge in [-0.3, -0.25) is 0 Å². The topological polar surface area (TPSA) is 56.5 Å². The summed E-state index contributed by atoms with van der Waals surface area (Å²) >= 11 is 0. The number of hydrogen-bond donors (Lipinski definition) is 0. The minimum Gasteiger partial charge on any atom is -0.462 e. The lowest BCUT2D eigenvalue weighted by Gasteiger charge is -2.01. The van der Waals surface area contributed by atoms with Gasteiger partial charge in [-0.2, -0.15) is 4.57 Å². The van der Waals surface area contributed by atoms with E-state index in [1.165, 1.54) is 0 Å². The van der Waals surface area contributed by atoms with Crippen molar-refractivity contribution in [1.82, 2.24) is 0 Å². The Labute approximate surface area is 100.0 Å². The average molecular weight is 238 g/mol. The van der Waals surface area contributed by atoms with Crippen LogP contribution in [0.15, 0.2) is 24.5 Å². The molecule has 1 heterocycles. The summed E-state index contributed by atoms with van der Waals surface area (Å²) in [6.07, 6.45) is 3.26. The first-order valence-corrected chi connectivity index (χ1v) is 5.49. The molecule has 0 N–H and O–H groups in total. The van der Waals surface area contributed by atoms with Crippen molar-refractivity contribution in [2.75, 3.05) is 13.2 Å². The number of ether oxygens (including phenoxy) is 2. The lowest BCUT2D eigenvalue weighted by Crippen LogP contribution is -2.38. The van der Waals surface area contributed by atoms with Crippen LogP contribution in [-0.2, 0) is 20.8 Å². The van der Waals surface area contributed by atoms with Gasteiger partial charge in [-0.1, -0.05) is 0 Å². The molecule has 0 saturated carbocycles. The second-order valence-electron chi connectivity index (χ2n) is 3.29. The van der Waals surface area contributed by atoms with Crippen molar-refractivity contribution in [3.8, 4) is 0 Å². The van der Waals surface area contributed by atoms with Gasteiger partial charge >= 0.3 is 11.9 Å². The summed E-state index contributed by atoms with van der Waals surface area (Å²) in [7, 11) is 0. The molecule has 17 heavy (non-hydrogen) atoms. The number of hydrogen-bond acceptors (Lipinski definition) is 4. The zero-order valence-corrected chi connectivity index (χ0v) is 10.0. The molecule has 0 aliphatic rings. The van der Waals surface area contributed by atoms with Crippen molar-refractivity contribution >= 4 is 11.9 Å². The van der Waals surface area contributed by atoms with E-state index in [2.05, 4.69) is 0 Å². The number of esters is 2. The Morgan fingerprint density at radius 3 is 2.59 bits per heavy atom. The summed E-state index contributed by atoms with van der Waals surface area (Å²) in [4.78, 5) is 22.7. The molecule has 0 unspecified atom stereocenters. The van der Waals surface area contributed by atoms with Gasteiger partial charge in [0.2, 0.25) is 6.54 Å². The standard InChI is InChI=1S/C12H16NO4/c1-3-16-11(14)9-13-7-5-6-10(8-13)12(15)17-4-2/h5-8H,3-4,9H2,1-2H3/q+1. The third-order valence-corrected chi connectivity index (χ3v) is 1.99. The third kappa shape index (κ3) is 4.22. The van der Waals surface area contributed by atoms with Gasteiger partial charge in [0.1, 0.15) is 5.56 Å². The second kappa shape index (κ2) is 6.62. The fourth-order valence-electron chi connectivity index (χ4n) is 1.31. The van der Waals surface area contributed by atoms with E-state index >= 15 is 0 Å². The Bertz CT molecular complexity index is 403. The van der Waals surface area contributed by atoms with E-state index in [0.717, 1.165) is 0 Å². The van der Waals surface area contributed by atoms with Gasteiger partial charge < -0.3 is 9.47 Å². The van der Waals surface area contributed by atoms with Crippen LogP contribution in [0.1, 0.15) is 24.2 Å². The molecule has 0 fully saturated rings. The minimum absolute atomic E-state index is 0.0844. The second-order valence-corrected chi connectivity index (χ2v) is 3.29. The number of carbonyl (C=O) groups excluding carboxylic acids is 2. The van der Waals surface area contributed by atoms with Gasteiger partial charge in [0, 0.05) is 6.07 Å². The number of aromatic nitrogens is 1. The molecule has 1 aromatic rings. The lowest BCUT2D eigenvalue weighted by molar-refractivity contribution is -0.686. The maximum atomic E-state index is 11.5. The Hall–Kier alpha value is -1.91. The fourth-order valence-corrected chi connectivity index (χ4v) is 1.31. The fraction of sp³-hybridized carbons (Fsp3) is 0.417. The van der Waals surface area contributed by atoms with Gasteiger partial charge in [-0.05, 0) is 19.9 Å². The van der Waals surface area contributed by atoms with Gasteiger partial charge in [-0.15, -0.1) is 0 Å². The smallest absolute Gasteiger partial charge is 0.372 e. The molecule has 0 bridgehead atoms. The van der Waals surface area contributed by atoms with Crippen molar-refractivity contribution in [2.45, 2.75) is 20.4 Å². The average Bonchev–Trinajstić information content (AvgIpc) is 2.30. The van der Waals surface area contributed by atoms with E-state index in [4.69, 9.17) is 9.47 Å². The molecule has 0 radical (unpaired) electrons. The molecule has 0 atom stereocenters. The van der Waals surface area contributed by atoms with Crippen LogP contribution in [0.25, 0.3) is 0 Å².